The molecule has 0 aliphatic rings. The van der Waals surface area contributed by atoms with Crippen molar-refractivity contribution in [1.29, 1.82) is 0 Å². The van der Waals surface area contributed by atoms with E-state index in [0.29, 0.717) is 11.6 Å². The third kappa shape index (κ3) is 2.45. The molecule has 2 rings (SSSR count). The normalized spacial score (nSPS) is 12.6. The van der Waals surface area contributed by atoms with Crippen LogP contribution in [0.25, 0.3) is 5.69 Å². The lowest BCUT2D eigenvalue weighted by Crippen LogP contribution is -2.31. The van der Waals surface area contributed by atoms with Gasteiger partial charge in [-0.1, -0.05) is 18.2 Å². The van der Waals surface area contributed by atoms with Crippen LogP contribution in [0.4, 0.5) is 0 Å². The van der Waals surface area contributed by atoms with Crippen molar-refractivity contribution in [1.82, 2.24) is 14.8 Å². The highest BCUT2D eigenvalue weighted by atomic mass is 35.5. The van der Waals surface area contributed by atoms with Crippen molar-refractivity contribution < 1.29 is 8.42 Å². The molecule has 0 bridgehead atoms. The van der Waals surface area contributed by atoms with E-state index in [1.165, 1.54) is 6.26 Å². The molecular formula is C13H16ClN3O2S. The van der Waals surface area contributed by atoms with Crippen LogP contribution < -0.4 is 0 Å². The molecule has 2 aromatic rings. The lowest BCUT2D eigenvalue weighted by Gasteiger charge is -2.22. The molecule has 0 spiro atoms. The number of para-hydroxylation sites is 1. The minimum absolute atomic E-state index is 0.155. The van der Waals surface area contributed by atoms with Gasteiger partial charge in [-0.15, -0.1) is 21.8 Å². The van der Waals surface area contributed by atoms with E-state index in [-0.39, 0.29) is 5.88 Å². The van der Waals surface area contributed by atoms with Gasteiger partial charge in [0.1, 0.15) is 4.75 Å². The van der Waals surface area contributed by atoms with Crippen LogP contribution in [0.15, 0.2) is 30.3 Å². The second-order valence-electron chi connectivity index (χ2n) is 5.03. The van der Waals surface area contributed by atoms with Crippen molar-refractivity contribution in [2.45, 2.75) is 24.5 Å². The van der Waals surface area contributed by atoms with E-state index in [0.717, 1.165) is 5.69 Å². The highest BCUT2D eigenvalue weighted by Crippen LogP contribution is 2.30. The first-order chi connectivity index (χ1) is 9.29. The van der Waals surface area contributed by atoms with Crippen molar-refractivity contribution in [2.75, 3.05) is 6.26 Å². The monoisotopic (exact) mass is 313 g/mol. The number of alkyl halides is 1. The summed E-state index contributed by atoms with van der Waals surface area (Å²) in [6, 6.07) is 9.34. The van der Waals surface area contributed by atoms with Gasteiger partial charge in [0.05, 0.1) is 5.88 Å². The lowest BCUT2D eigenvalue weighted by atomic mass is 10.2. The Balaban J connectivity index is 2.72. The molecule has 1 heterocycles. The number of benzene rings is 1. The van der Waals surface area contributed by atoms with Crippen LogP contribution in [0, 0.1) is 0 Å². The second-order valence-corrected chi connectivity index (χ2v) is 7.86. The Bertz CT molecular complexity index is 708. The molecule has 0 aliphatic heterocycles. The van der Waals surface area contributed by atoms with Crippen LogP contribution >= 0.6 is 11.6 Å². The maximum atomic E-state index is 12.0. The van der Waals surface area contributed by atoms with Gasteiger partial charge >= 0.3 is 0 Å². The summed E-state index contributed by atoms with van der Waals surface area (Å²) in [5.74, 6) is 1.04. The molecule has 7 heteroatoms. The Morgan fingerprint density at radius 3 is 2.30 bits per heavy atom. The lowest BCUT2D eigenvalue weighted by molar-refractivity contribution is 0.545. The molecule has 0 amide bonds. The van der Waals surface area contributed by atoms with Crippen molar-refractivity contribution in [3.05, 3.63) is 42.0 Å². The van der Waals surface area contributed by atoms with Gasteiger partial charge in [-0.3, -0.25) is 4.57 Å². The van der Waals surface area contributed by atoms with Crippen LogP contribution in [0.3, 0.4) is 0 Å². The van der Waals surface area contributed by atoms with Crippen molar-refractivity contribution in [3.63, 3.8) is 0 Å². The highest BCUT2D eigenvalue weighted by molar-refractivity contribution is 7.91. The van der Waals surface area contributed by atoms with Gasteiger partial charge in [0, 0.05) is 11.9 Å². The number of halogens is 1. The van der Waals surface area contributed by atoms with Crippen LogP contribution in [-0.2, 0) is 20.5 Å². The minimum atomic E-state index is -3.35. The molecule has 5 nitrogen and oxygen atoms in total. The molecule has 1 aromatic heterocycles. The van der Waals surface area contributed by atoms with E-state index in [1.807, 2.05) is 30.3 Å². The Morgan fingerprint density at radius 2 is 1.80 bits per heavy atom. The summed E-state index contributed by atoms with van der Waals surface area (Å²) < 4.78 is 24.6. The predicted molar refractivity (Wildman–Crippen MR) is 78.8 cm³/mol. The number of aromatic nitrogens is 3. The quantitative estimate of drug-likeness (QED) is 0.812. The van der Waals surface area contributed by atoms with E-state index >= 15 is 0 Å². The molecule has 108 valence electrons. The number of hydrogen-bond donors (Lipinski definition) is 0. The number of hydrogen-bond acceptors (Lipinski definition) is 4. The van der Waals surface area contributed by atoms with Crippen LogP contribution in [-0.4, -0.2) is 29.4 Å². The first-order valence-electron chi connectivity index (χ1n) is 6.05. The summed E-state index contributed by atoms with van der Waals surface area (Å²) >= 11 is 5.89. The summed E-state index contributed by atoms with van der Waals surface area (Å²) in [5.41, 5.74) is 0.792. The largest absolute Gasteiger partial charge is 0.281 e. The van der Waals surface area contributed by atoms with Crippen LogP contribution in [0.5, 0.6) is 0 Å². The summed E-state index contributed by atoms with van der Waals surface area (Å²) in [4.78, 5) is 0. The number of rotatable bonds is 4. The summed E-state index contributed by atoms with van der Waals surface area (Å²) in [7, 11) is -3.35. The molecule has 0 unspecified atom stereocenters. The number of sulfone groups is 1. The SMILES string of the molecule is CC(C)(c1nnc(CCl)n1-c1ccccc1)S(C)(=O)=O. The first-order valence-corrected chi connectivity index (χ1v) is 8.47. The Morgan fingerprint density at radius 1 is 1.20 bits per heavy atom. The predicted octanol–water partition coefficient (Wildman–Crippen LogP) is 2.29. The van der Waals surface area contributed by atoms with Crippen molar-refractivity contribution in [3.8, 4) is 5.69 Å². The van der Waals surface area contributed by atoms with E-state index in [2.05, 4.69) is 10.2 Å². The molecule has 0 N–H and O–H groups in total. The molecule has 0 saturated heterocycles. The fourth-order valence-corrected chi connectivity index (χ4v) is 2.44. The smallest absolute Gasteiger partial charge is 0.159 e. The van der Waals surface area contributed by atoms with Gasteiger partial charge in [-0.25, -0.2) is 8.42 Å². The van der Waals surface area contributed by atoms with Gasteiger partial charge < -0.3 is 0 Å². The minimum Gasteiger partial charge on any atom is -0.281 e. The van der Waals surface area contributed by atoms with Gasteiger partial charge in [-0.2, -0.15) is 0 Å². The molecule has 1 aromatic carbocycles. The van der Waals surface area contributed by atoms with Crippen molar-refractivity contribution in [2.24, 2.45) is 0 Å². The van der Waals surface area contributed by atoms with Gasteiger partial charge in [0.2, 0.25) is 0 Å². The fourth-order valence-electron chi connectivity index (χ4n) is 1.81. The van der Waals surface area contributed by atoms with Gasteiger partial charge in [0.15, 0.2) is 21.5 Å². The Labute approximate surface area is 123 Å². The summed E-state index contributed by atoms with van der Waals surface area (Å²) in [6.07, 6.45) is 1.19. The molecule has 0 aliphatic carbocycles. The van der Waals surface area contributed by atoms with Crippen LogP contribution in [0.2, 0.25) is 0 Å². The average molecular weight is 314 g/mol. The van der Waals surface area contributed by atoms with E-state index in [1.54, 1.807) is 18.4 Å². The third-order valence-electron chi connectivity index (χ3n) is 3.33. The molecule has 20 heavy (non-hydrogen) atoms. The summed E-state index contributed by atoms with van der Waals surface area (Å²) in [5, 5.41) is 8.06. The zero-order valence-electron chi connectivity index (χ0n) is 11.5. The first kappa shape index (κ1) is 15.0. The van der Waals surface area contributed by atoms with E-state index in [4.69, 9.17) is 11.6 Å². The number of nitrogens with zero attached hydrogens (tertiary/aromatic N) is 3. The molecule has 0 radical (unpaired) electrons. The van der Waals surface area contributed by atoms with Gasteiger partial charge in [0.25, 0.3) is 0 Å². The zero-order chi connectivity index (χ0) is 15.0. The van der Waals surface area contributed by atoms with Crippen LogP contribution in [0.1, 0.15) is 25.5 Å². The van der Waals surface area contributed by atoms with E-state index in [9.17, 15) is 8.42 Å². The average Bonchev–Trinajstić information content (AvgIpc) is 2.82. The maximum absolute atomic E-state index is 12.0. The molecule has 0 fully saturated rings. The van der Waals surface area contributed by atoms with E-state index < -0.39 is 14.6 Å². The zero-order valence-corrected chi connectivity index (χ0v) is 13.1. The summed E-state index contributed by atoms with van der Waals surface area (Å²) in [6.45, 7) is 3.23. The maximum Gasteiger partial charge on any atom is 0.159 e. The molecule has 0 saturated carbocycles. The highest BCUT2D eigenvalue weighted by Gasteiger charge is 2.38. The second kappa shape index (κ2) is 5.18. The topological polar surface area (TPSA) is 64.8 Å². The molecule has 0 atom stereocenters. The fraction of sp³-hybridized carbons (Fsp3) is 0.385. The third-order valence-corrected chi connectivity index (χ3v) is 5.61. The Hall–Kier alpha value is -1.40. The standard InChI is InChI=1S/C13H16ClN3O2S/c1-13(2,20(3,18)19)12-16-15-11(9-14)17(12)10-7-5-4-6-8-10/h4-8H,9H2,1-3H3. The Kier molecular flexibility index (Phi) is 3.88. The van der Waals surface area contributed by atoms with Gasteiger partial charge in [-0.05, 0) is 26.0 Å². The van der Waals surface area contributed by atoms with Crippen molar-refractivity contribution >= 4 is 21.4 Å². The molecular weight excluding hydrogens is 298 g/mol.